The minimum atomic E-state index is -0.496. The maximum Gasteiger partial charge on any atom is 0.135 e. The first-order valence-corrected chi connectivity index (χ1v) is 16.4. The fourth-order valence-corrected chi connectivity index (χ4v) is 8.07. The number of rotatable bonds is 3. The van der Waals surface area contributed by atoms with E-state index in [4.69, 9.17) is 14.7 Å². The number of aliphatic imine (C=N–C) groups is 1. The van der Waals surface area contributed by atoms with Crippen LogP contribution in [-0.4, -0.2) is 10.8 Å². The van der Waals surface area contributed by atoms with Crippen LogP contribution in [0.4, 0.5) is 5.69 Å². The molecule has 4 heteroatoms. The smallest absolute Gasteiger partial charge is 0.135 e. The number of benzene rings is 6. The van der Waals surface area contributed by atoms with Crippen molar-refractivity contribution < 1.29 is 4.74 Å². The van der Waals surface area contributed by atoms with E-state index in [0.717, 1.165) is 62.1 Å². The molecule has 0 bridgehead atoms. The highest BCUT2D eigenvalue weighted by Crippen LogP contribution is 2.62. The van der Waals surface area contributed by atoms with Crippen molar-refractivity contribution in [2.45, 2.75) is 11.5 Å². The number of para-hydroxylation sites is 2. The third-order valence-electron chi connectivity index (χ3n) is 10.1. The Hall–Kier alpha value is -6.26. The van der Waals surface area contributed by atoms with Gasteiger partial charge < -0.3 is 10.1 Å². The molecule has 0 saturated carbocycles. The summed E-state index contributed by atoms with van der Waals surface area (Å²) in [5.41, 5.74) is 13.0. The molecule has 0 radical (unpaired) electrons. The van der Waals surface area contributed by atoms with E-state index >= 15 is 0 Å². The van der Waals surface area contributed by atoms with Gasteiger partial charge in [0.1, 0.15) is 23.4 Å². The van der Waals surface area contributed by atoms with Gasteiger partial charge in [0.2, 0.25) is 0 Å². The predicted octanol–water partition coefficient (Wildman–Crippen LogP) is 10.2. The molecule has 3 heterocycles. The zero-order valence-electron chi connectivity index (χ0n) is 26.0. The molecule has 226 valence electrons. The van der Waals surface area contributed by atoms with Gasteiger partial charge in [-0.2, -0.15) is 0 Å². The van der Waals surface area contributed by atoms with E-state index in [0.29, 0.717) is 0 Å². The van der Waals surface area contributed by atoms with Gasteiger partial charge in [-0.25, -0.2) is 0 Å². The average molecular weight is 616 g/mol. The van der Waals surface area contributed by atoms with Crippen LogP contribution in [0.2, 0.25) is 0 Å². The molecule has 48 heavy (non-hydrogen) atoms. The second-order valence-corrected chi connectivity index (χ2v) is 12.6. The molecule has 6 aromatic carbocycles. The largest absolute Gasteiger partial charge is 0.457 e. The summed E-state index contributed by atoms with van der Waals surface area (Å²) in [7, 11) is 0. The third-order valence-corrected chi connectivity index (χ3v) is 10.1. The number of hydrogen-bond donors (Lipinski definition) is 1. The topological polar surface area (TPSA) is 46.5 Å². The first-order valence-electron chi connectivity index (χ1n) is 16.4. The molecule has 3 aliphatic rings. The maximum absolute atomic E-state index is 6.79. The summed E-state index contributed by atoms with van der Waals surface area (Å²) in [6, 6.07) is 55.5. The Bertz CT molecular complexity index is 2380. The van der Waals surface area contributed by atoms with Gasteiger partial charge in [0.25, 0.3) is 0 Å². The number of aromatic nitrogens is 1. The summed E-state index contributed by atoms with van der Waals surface area (Å²) < 4.78 is 6.79. The monoisotopic (exact) mass is 615 g/mol. The molecule has 1 N–H and O–H groups in total. The van der Waals surface area contributed by atoms with Gasteiger partial charge in [0.15, 0.2) is 0 Å². The fraction of sp³-hybridized carbons (Fsp3) is 0.0455. The van der Waals surface area contributed by atoms with Crippen LogP contribution in [0.3, 0.4) is 0 Å². The zero-order valence-corrected chi connectivity index (χ0v) is 26.0. The van der Waals surface area contributed by atoms with Gasteiger partial charge in [-0.15, -0.1) is 0 Å². The van der Waals surface area contributed by atoms with Crippen LogP contribution in [0, 0.1) is 0 Å². The van der Waals surface area contributed by atoms with Crippen LogP contribution in [0.25, 0.3) is 22.4 Å². The van der Waals surface area contributed by atoms with E-state index in [2.05, 4.69) is 151 Å². The van der Waals surface area contributed by atoms with Gasteiger partial charge in [0, 0.05) is 39.7 Å². The van der Waals surface area contributed by atoms with Crippen LogP contribution in [0.15, 0.2) is 169 Å². The molecule has 1 spiro atoms. The first-order chi connectivity index (χ1) is 23.8. The minimum Gasteiger partial charge on any atom is -0.457 e. The Kier molecular flexibility index (Phi) is 5.82. The van der Waals surface area contributed by atoms with Crippen LogP contribution in [0.1, 0.15) is 45.0 Å². The molecule has 4 nitrogen and oxygen atoms in total. The van der Waals surface area contributed by atoms with Gasteiger partial charge in [-0.3, -0.25) is 9.98 Å². The van der Waals surface area contributed by atoms with Crippen molar-refractivity contribution in [3.05, 3.63) is 203 Å². The van der Waals surface area contributed by atoms with Crippen molar-refractivity contribution in [2.75, 3.05) is 5.32 Å². The molecule has 1 aliphatic carbocycles. The number of pyridine rings is 1. The van der Waals surface area contributed by atoms with Crippen LogP contribution in [0.5, 0.6) is 11.5 Å². The molecular formula is C44H29N3O. The number of hydrogen-bond acceptors (Lipinski definition) is 4. The van der Waals surface area contributed by atoms with Crippen molar-refractivity contribution in [1.82, 2.24) is 4.98 Å². The Balaban J connectivity index is 1.16. The highest BCUT2D eigenvalue weighted by Gasteiger charge is 2.50. The Morgan fingerprint density at radius 1 is 0.542 bits per heavy atom. The summed E-state index contributed by atoms with van der Waals surface area (Å²) in [4.78, 5) is 10.3. The Morgan fingerprint density at radius 2 is 1.19 bits per heavy atom. The van der Waals surface area contributed by atoms with Gasteiger partial charge in [-0.1, -0.05) is 127 Å². The molecule has 10 rings (SSSR count). The van der Waals surface area contributed by atoms with Crippen molar-refractivity contribution in [2.24, 2.45) is 4.99 Å². The summed E-state index contributed by atoms with van der Waals surface area (Å²) in [5, 5.41) is 3.64. The molecule has 0 fully saturated rings. The lowest BCUT2D eigenvalue weighted by Crippen LogP contribution is -2.32. The lowest BCUT2D eigenvalue weighted by atomic mass is 9.66. The SMILES string of the molecule is c1ccc(C2N=C(c3cccnc3-c3ccc4c(c3)Oc3ccccc3C43c4ccccc4-c4ccccc43)Nc3ccccc32)cc1. The predicted molar refractivity (Wildman–Crippen MR) is 192 cm³/mol. The molecule has 7 aromatic rings. The van der Waals surface area contributed by atoms with Crippen molar-refractivity contribution in [3.8, 4) is 33.9 Å². The van der Waals surface area contributed by atoms with E-state index < -0.39 is 5.41 Å². The highest BCUT2D eigenvalue weighted by molar-refractivity contribution is 6.13. The number of anilines is 1. The standard InChI is InChI=1S/C44H29N3O/c1-2-13-28(14-3-1)42-32-17-6-10-22-38(32)46-43(47-42)33-18-12-26-45-41(33)29-24-25-37-40(27-29)48-39-23-11-9-21-36(39)44(37)34-19-7-4-15-30(34)31-16-5-8-20-35(31)44/h1-27,42H,(H,46,47). The second kappa shape index (κ2) is 10.4. The molecule has 1 atom stereocenters. The van der Waals surface area contributed by atoms with E-state index in [9.17, 15) is 0 Å². The summed E-state index contributed by atoms with van der Waals surface area (Å²) >= 11 is 0. The summed E-state index contributed by atoms with van der Waals surface area (Å²) in [6.07, 6.45) is 1.85. The van der Waals surface area contributed by atoms with Crippen molar-refractivity contribution in [1.29, 1.82) is 0 Å². The van der Waals surface area contributed by atoms with Crippen LogP contribution in [-0.2, 0) is 5.41 Å². The molecule has 1 aromatic heterocycles. The lowest BCUT2D eigenvalue weighted by Gasteiger charge is -2.39. The average Bonchev–Trinajstić information content (AvgIpc) is 3.45. The minimum absolute atomic E-state index is 0.127. The summed E-state index contributed by atoms with van der Waals surface area (Å²) in [5.74, 6) is 2.50. The normalized spacial score (nSPS) is 15.9. The molecule has 2 aliphatic heterocycles. The lowest BCUT2D eigenvalue weighted by molar-refractivity contribution is 0.436. The number of amidine groups is 1. The molecule has 1 unspecified atom stereocenters. The quantitative estimate of drug-likeness (QED) is 0.215. The number of ether oxygens (including phenoxy) is 1. The number of nitrogens with one attached hydrogen (secondary N) is 1. The third kappa shape index (κ3) is 3.77. The van der Waals surface area contributed by atoms with Crippen LogP contribution >= 0.6 is 0 Å². The van der Waals surface area contributed by atoms with E-state index in [1.165, 1.54) is 22.3 Å². The van der Waals surface area contributed by atoms with Gasteiger partial charge in [0.05, 0.1) is 11.1 Å². The molecular weight excluding hydrogens is 587 g/mol. The molecule has 0 saturated heterocycles. The van der Waals surface area contributed by atoms with E-state index in [1.807, 2.05) is 18.3 Å². The zero-order chi connectivity index (χ0) is 31.7. The molecule has 0 amide bonds. The number of fused-ring (bicyclic) bond motifs is 10. The maximum atomic E-state index is 6.79. The van der Waals surface area contributed by atoms with E-state index in [-0.39, 0.29) is 6.04 Å². The summed E-state index contributed by atoms with van der Waals surface area (Å²) in [6.45, 7) is 0. The van der Waals surface area contributed by atoms with Crippen molar-refractivity contribution >= 4 is 11.5 Å². The first kappa shape index (κ1) is 26.9. The highest BCUT2D eigenvalue weighted by atomic mass is 16.5. The van der Waals surface area contributed by atoms with Crippen molar-refractivity contribution in [3.63, 3.8) is 0 Å². The second-order valence-electron chi connectivity index (χ2n) is 12.6. The Morgan fingerprint density at radius 3 is 2.00 bits per heavy atom. The van der Waals surface area contributed by atoms with Gasteiger partial charge in [-0.05, 0) is 58.1 Å². The van der Waals surface area contributed by atoms with Gasteiger partial charge >= 0.3 is 0 Å². The van der Waals surface area contributed by atoms with E-state index in [1.54, 1.807) is 0 Å². The van der Waals surface area contributed by atoms with Crippen LogP contribution < -0.4 is 10.1 Å². The number of nitrogens with zero attached hydrogens (tertiary/aromatic N) is 2. The Labute approximate surface area is 279 Å². The fourth-order valence-electron chi connectivity index (χ4n) is 8.07.